The molecule has 0 N–H and O–H groups in total. The van der Waals surface area contributed by atoms with E-state index < -0.39 is 16.4 Å². The maximum absolute atomic E-state index is 12.4. The third kappa shape index (κ3) is 4.80. The summed E-state index contributed by atoms with van der Waals surface area (Å²) in [6.07, 6.45) is 4.20. The van der Waals surface area contributed by atoms with Crippen molar-refractivity contribution in [3.63, 3.8) is 0 Å². The first-order valence-corrected chi connectivity index (χ1v) is 8.98. The molecule has 0 aromatic carbocycles. The van der Waals surface area contributed by atoms with E-state index in [9.17, 15) is 9.00 Å². The van der Waals surface area contributed by atoms with Crippen molar-refractivity contribution >= 4 is 16.9 Å². The third-order valence-electron chi connectivity index (χ3n) is 3.47. The minimum atomic E-state index is -1.20. The zero-order valence-corrected chi connectivity index (χ0v) is 14.3. The van der Waals surface area contributed by atoms with E-state index in [1.807, 2.05) is 26.8 Å². The number of aromatic nitrogens is 1. The van der Waals surface area contributed by atoms with E-state index in [4.69, 9.17) is 4.74 Å². The van der Waals surface area contributed by atoms with Gasteiger partial charge in [0.1, 0.15) is 10.6 Å². The van der Waals surface area contributed by atoms with Gasteiger partial charge in [-0.1, -0.05) is 6.07 Å². The highest BCUT2D eigenvalue weighted by Gasteiger charge is 2.31. The molecule has 0 saturated carbocycles. The topological polar surface area (TPSA) is 59.5 Å². The maximum Gasteiger partial charge on any atom is 0.410 e. The summed E-state index contributed by atoms with van der Waals surface area (Å²) in [6, 6.07) is 5.34. The summed E-state index contributed by atoms with van der Waals surface area (Å²) < 4.78 is 17.9. The van der Waals surface area contributed by atoms with E-state index in [0.717, 1.165) is 19.3 Å². The van der Waals surface area contributed by atoms with Crippen molar-refractivity contribution < 1.29 is 13.7 Å². The molecule has 0 bridgehead atoms. The molecule has 22 heavy (non-hydrogen) atoms. The molecule has 2 heterocycles. The van der Waals surface area contributed by atoms with Gasteiger partial charge in [0.15, 0.2) is 0 Å². The van der Waals surface area contributed by atoms with E-state index in [-0.39, 0.29) is 12.1 Å². The molecular formula is C16H24N2O3S. The zero-order chi connectivity index (χ0) is 16.2. The van der Waals surface area contributed by atoms with Gasteiger partial charge in [0.2, 0.25) is 0 Å². The molecule has 1 aliphatic heterocycles. The Morgan fingerprint density at radius 1 is 1.41 bits per heavy atom. The monoisotopic (exact) mass is 324 g/mol. The normalized spacial score (nSPS) is 20.5. The number of carbonyl (C=O) groups is 1. The molecule has 1 aromatic rings. The quantitative estimate of drug-likeness (QED) is 0.857. The van der Waals surface area contributed by atoms with Gasteiger partial charge in [-0.2, -0.15) is 0 Å². The summed E-state index contributed by atoms with van der Waals surface area (Å²) in [6.45, 7) is 6.24. The molecule has 5 nitrogen and oxygen atoms in total. The van der Waals surface area contributed by atoms with Gasteiger partial charge in [0.25, 0.3) is 0 Å². The van der Waals surface area contributed by atoms with Crippen molar-refractivity contribution in [2.24, 2.45) is 0 Å². The second-order valence-corrected chi connectivity index (χ2v) is 7.95. The maximum atomic E-state index is 12.4. The van der Waals surface area contributed by atoms with Crippen molar-refractivity contribution in [1.29, 1.82) is 0 Å². The number of likely N-dealkylation sites (tertiary alicyclic amines) is 1. The summed E-state index contributed by atoms with van der Waals surface area (Å²) in [5, 5.41) is 0.567. The summed E-state index contributed by atoms with van der Waals surface area (Å²) in [5.41, 5.74) is -0.515. The van der Waals surface area contributed by atoms with E-state index in [2.05, 4.69) is 4.98 Å². The van der Waals surface area contributed by atoms with Gasteiger partial charge in [0, 0.05) is 18.8 Å². The highest BCUT2D eigenvalue weighted by molar-refractivity contribution is 7.85. The van der Waals surface area contributed by atoms with Crippen LogP contribution >= 0.6 is 0 Å². The number of amides is 1. The zero-order valence-electron chi connectivity index (χ0n) is 13.4. The molecule has 1 saturated heterocycles. The van der Waals surface area contributed by atoms with E-state index in [1.165, 1.54) is 0 Å². The third-order valence-corrected chi connectivity index (χ3v) is 4.87. The first-order chi connectivity index (χ1) is 10.4. The number of rotatable bonds is 3. The predicted octanol–water partition coefficient (Wildman–Crippen LogP) is 2.98. The largest absolute Gasteiger partial charge is 0.444 e. The average molecular weight is 324 g/mol. The lowest BCUT2D eigenvalue weighted by atomic mass is 10.0. The number of hydrogen-bond donors (Lipinski definition) is 0. The Morgan fingerprint density at radius 2 is 2.18 bits per heavy atom. The Labute approximate surface area is 134 Å². The van der Waals surface area contributed by atoms with Crippen LogP contribution in [-0.4, -0.2) is 44.1 Å². The summed E-state index contributed by atoms with van der Waals surface area (Å²) in [7, 11) is -1.20. The highest BCUT2D eigenvalue weighted by atomic mass is 32.2. The Morgan fingerprint density at radius 3 is 2.82 bits per heavy atom. The molecule has 2 rings (SSSR count). The fourth-order valence-corrected chi connectivity index (χ4v) is 3.75. The molecule has 0 spiro atoms. The van der Waals surface area contributed by atoms with Crippen LogP contribution in [0.3, 0.4) is 0 Å². The molecule has 0 aliphatic carbocycles. The molecule has 2 atom stereocenters. The van der Waals surface area contributed by atoms with Gasteiger partial charge in [-0.05, 0) is 52.2 Å². The molecule has 6 heteroatoms. The van der Waals surface area contributed by atoms with Gasteiger partial charge >= 0.3 is 6.09 Å². The summed E-state index contributed by atoms with van der Waals surface area (Å²) in [4.78, 5) is 18.2. The minimum absolute atomic E-state index is 0.0496. The number of piperidine rings is 1. The van der Waals surface area contributed by atoms with Crippen LogP contribution in [0.15, 0.2) is 29.4 Å². The Bertz CT molecular complexity index is 528. The molecule has 122 valence electrons. The van der Waals surface area contributed by atoms with Gasteiger partial charge in [0.05, 0.1) is 16.6 Å². The van der Waals surface area contributed by atoms with Crippen molar-refractivity contribution in [2.75, 3.05) is 12.3 Å². The van der Waals surface area contributed by atoms with Crippen LogP contribution < -0.4 is 0 Å². The highest BCUT2D eigenvalue weighted by Crippen LogP contribution is 2.22. The fourth-order valence-electron chi connectivity index (χ4n) is 2.48. The number of hydrogen-bond acceptors (Lipinski definition) is 4. The minimum Gasteiger partial charge on any atom is -0.444 e. The van der Waals surface area contributed by atoms with E-state index >= 15 is 0 Å². The van der Waals surface area contributed by atoms with E-state index in [0.29, 0.717) is 17.3 Å². The molecule has 1 aromatic heterocycles. The van der Waals surface area contributed by atoms with Gasteiger partial charge in [-0.25, -0.2) is 9.78 Å². The van der Waals surface area contributed by atoms with Crippen LogP contribution in [-0.2, 0) is 15.5 Å². The lowest BCUT2D eigenvalue weighted by molar-refractivity contribution is 0.0125. The van der Waals surface area contributed by atoms with Gasteiger partial charge < -0.3 is 9.64 Å². The number of ether oxygens (including phenoxy) is 1. The van der Waals surface area contributed by atoms with Crippen molar-refractivity contribution in [3.05, 3.63) is 24.4 Å². The number of carbonyl (C=O) groups excluding carboxylic acids is 1. The van der Waals surface area contributed by atoms with Crippen LogP contribution in [0, 0.1) is 0 Å². The fraction of sp³-hybridized carbons (Fsp3) is 0.625. The van der Waals surface area contributed by atoms with Crippen molar-refractivity contribution in [1.82, 2.24) is 9.88 Å². The van der Waals surface area contributed by atoms with Crippen LogP contribution in [0.4, 0.5) is 4.79 Å². The molecule has 1 amide bonds. The lowest BCUT2D eigenvalue weighted by Gasteiger charge is -2.36. The Kier molecular flexibility index (Phi) is 5.56. The van der Waals surface area contributed by atoms with E-state index in [1.54, 1.807) is 23.2 Å². The first kappa shape index (κ1) is 16.9. The lowest BCUT2D eigenvalue weighted by Crippen LogP contribution is -2.48. The summed E-state index contributed by atoms with van der Waals surface area (Å²) in [5.74, 6) is 0.413. The molecule has 1 fully saturated rings. The van der Waals surface area contributed by atoms with Crippen molar-refractivity contribution in [3.8, 4) is 0 Å². The Balaban J connectivity index is 2.04. The Hall–Kier alpha value is -1.43. The van der Waals surface area contributed by atoms with Crippen molar-refractivity contribution in [2.45, 2.75) is 56.7 Å². The van der Waals surface area contributed by atoms with Crippen LogP contribution in [0.2, 0.25) is 0 Å². The molecule has 2 unspecified atom stereocenters. The standard InChI is InChI=1S/C16H24N2O3S/c1-16(2,3)21-15(19)18-11-7-5-8-13(18)12-22(20)14-9-4-6-10-17-14/h4,6,9-10,13H,5,7-8,11-12H2,1-3H3. The number of nitrogens with zero attached hydrogens (tertiary/aromatic N) is 2. The van der Waals surface area contributed by atoms with Crippen LogP contribution in [0.25, 0.3) is 0 Å². The van der Waals surface area contributed by atoms with Gasteiger partial charge in [-0.15, -0.1) is 0 Å². The first-order valence-electron chi connectivity index (χ1n) is 7.66. The van der Waals surface area contributed by atoms with Gasteiger partial charge in [-0.3, -0.25) is 4.21 Å². The smallest absolute Gasteiger partial charge is 0.410 e. The number of pyridine rings is 1. The van der Waals surface area contributed by atoms with Crippen LogP contribution in [0.5, 0.6) is 0 Å². The second kappa shape index (κ2) is 7.22. The second-order valence-electron chi connectivity index (χ2n) is 6.50. The molecule has 0 radical (unpaired) electrons. The SMILES string of the molecule is CC(C)(C)OC(=O)N1CCCCC1CS(=O)c1ccccn1. The average Bonchev–Trinajstić information content (AvgIpc) is 2.47. The predicted molar refractivity (Wildman–Crippen MR) is 86.1 cm³/mol. The molecular weight excluding hydrogens is 300 g/mol. The molecule has 1 aliphatic rings. The van der Waals surface area contributed by atoms with Crippen LogP contribution in [0.1, 0.15) is 40.0 Å². The summed E-state index contributed by atoms with van der Waals surface area (Å²) >= 11 is 0.